The Morgan fingerprint density at radius 1 is 1.60 bits per heavy atom. The summed E-state index contributed by atoms with van der Waals surface area (Å²) < 4.78 is 4.75. The van der Waals surface area contributed by atoms with Crippen molar-refractivity contribution in [3.8, 4) is 0 Å². The molecule has 2 N–H and O–H groups in total. The van der Waals surface area contributed by atoms with E-state index in [-0.39, 0.29) is 17.8 Å². The summed E-state index contributed by atoms with van der Waals surface area (Å²) in [5.74, 6) is 0.550. The van der Waals surface area contributed by atoms with Crippen LogP contribution in [0.2, 0.25) is 0 Å². The molecule has 0 spiro atoms. The molecule has 5 heteroatoms. The molecule has 1 fully saturated rings. The number of nitrogens with two attached hydrogens (primary N) is 1. The first kappa shape index (κ1) is 11.8. The normalized spacial score (nSPS) is 26.9. The minimum absolute atomic E-state index is 0.0828. The molecule has 0 aromatic rings. The number of ether oxygens (including phenoxy) is 1. The number of guanidine groups is 1. The number of likely N-dealkylation sites (tertiary alicyclic amines) is 1. The zero-order chi connectivity index (χ0) is 11.4. The van der Waals surface area contributed by atoms with E-state index in [1.807, 2.05) is 18.7 Å². The molecule has 1 heterocycles. The summed E-state index contributed by atoms with van der Waals surface area (Å²) in [7, 11) is 1.42. The number of carbonyl (C=O) groups is 1. The number of hydrogen-bond donors (Lipinski definition) is 1. The molecule has 2 unspecified atom stereocenters. The van der Waals surface area contributed by atoms with E-state index in [0.717, 1.165) is 6.54 Å². The Balaban J connectivity index is 2.63. The van der Waals surface area contributed by atoms with Crippen molar-refractivity contribution in [2.24, 2.45) is 22.6 Å². The van der Waals surface area contributed by atoms with Crippen LogP contribution in [0.15, 0.2) is 4.99 Å². The van der Waals surface area contributed by atoms with E-state index >= 15 is 0 Å². The second-order valence-corrected chi connectivity index (χ2v) is 3.84. The highest BCUT2D eigenvalue weighted by Crippen LogP contribution is 2.23. The number of rotatable bonds is 2. The van der Waals surface area contributed by atoms with E-state index in [1.54, 1.807) is 0 Å². The molecular formula is C10H19N3O2. The molecular weight excluding hydrogens is 194 g/mol. The SMILES string of the molecule is CCN=C(N)N1CC(C)C(C(=O)OC)C1. The summed E-state index contributed by atoms with van der Waals surface area (Å²) in [4.78, 5) is 17.5. The zero-order valence-electron chi connectivity index (χ0n) is 9.56. The van der Waals surface area contributed by atoms with Crippen molar-refractivity contribution < 1.29 is 9.53 Å². The fraction of sp³-hybridized carbons (Fsp3) is 0.800. The van der Waals surface area contributed by atoms with E-state index in [4.69, 9.17) is 10.5 Å². The average molecular weight is 213 g/mol. The summed E-state index contributed by atoms with van der Waals surface area (Å²) >= 11 is 0. The van der Waals surface area contributed by atoms with Crippen LogP contribution in [0.25, 0.3) is 0 Å². The molecule has 0 amide bonds. The van der Waals surface area contributed by atoms with Gasteiger partial charge >= 0.3 is 5.97 Å². The standard InChI is InChI=1S/C10H19N3O2/c1-4-12-10(11)13-5-7(2)8(6-13)9(14)15-3/h7-8H,4-6H2,1-3H3,(H2,11,12). The van der Waals surface area contributed by atoms with Crippen molar-refractivity contribution in [2.75, 3.05) is 26.7 Å². The monoisotopic (exact) mass is 213 g/mol. The molecule has 2 atom stereocenters. The van der Waals surface area contributed by atoms with Gasteiger partial charge in [0.05, 0.1) is 13.0 Å². The van der Waals surface area contributed by atoms with E-state index in [0.29, 0.717) is 19.0 Å². The third-order valence-corrected chi connectivity index (χ3v) is 2.76. The zero-order valence-corrected chi connectivity index (χ0v) is 9.56. The Bertz CT molecular complexity index is 265. The highest BCUT2D eigenvalue weighted by atomic mass is 16.5. The van der Waals surface area contributed by atoms with Crippen LogP contribution in [0.5, 0.6) is 0 Å². The summed E-state index contributed by atoms with van der Waals surface area (Å²) in [6, 6.07) is 0. The fourth-order valence-corrected chi connectivity index (χ4v) is 1.87. The van der Waals surface area contributed by atoms with Gasteiger partial charge in [-0.05, 0) is 12.8 Å². The summed E-state index contributed by atoms with van der Waals surface area (Å²) in [5.41, 5.74) is 5.78. The smallest absolute Gasteiger partial charge is 0.310 e. The predicted molar refractivity (Wildman–Crippen MR) is 58.4 cm³/mol. The number of aliphatic imine (C=N–C) groups is 1. The Labute approximate surface area is 90.3 Å². The van der Waals surface area contributed by atoms with E-state index < -0.39 is 0 Å². The second-order valence-electron chi connectivity index (χ2n) is 3.84. The first-order valence-electron chi connectivity index (χ1n) is 5.22. The first-order valence-corrected chi connectivity index (χ1v) is 5.22. The molecule has 1 aliphatic rings. The molecule has 1 saturated heterocycles. The molecule has 0 radical (unpaired) electrons. The largest absolute Gasteiger partial charge is 0.469 e. The third-order valence-electron chi connectivity index (χ3n) is 2.76. The highest BCUT2D eigenvalue weighted by molar-refractivity contribution is 5.80. The number of nitrogens with zero attached hydrogens (tertiary/aromatic N) is 2. The van der Waals surface area contributed by atoms with Crippen LogP contribution in [-0.4, -0.2) is 43.6 Å². The number of carbonyl (C=O) groups excluding carboxylic acids is 1. The summed E-state index contributed by atoms with van der Waals surface area (Å²) in [6.45, 7) is 6.02. The Hall–Kier alpha value is -1.26. The van der Waals surface area contributed by atoms with Crippen LogP contribution in [0, 0.1) is 11.8 Å². The molecule has 1 rings (SSSR count). The van der Waals surface area contributed by atoms with Gasteiger partial charge in [0.15, 0.2) is 5.96 Å². The second kappa shape index (κ2) is 5.00. The van der Waals surface area contributed by atoms with Crippen LogP contribution < -0.4 is 5.73 Å². The Morgan fingerprint density at radius 2 is 2.27 bits per heavy atom. The van der Waals surface area contributed by atoms with Gasteiger partial charge in [0.1, 0.15) is 0 Å². The lowest BCUT2D eigenvalue weighted by molar-refractivity contribution is -0.145. The maximum Gasteiger partial charge on any atom is 0.310 e. The minimum Gasteiger partial charge on any atom is -0.469 e. The third kappa shape index (κ3) is 2.61. The van der Waals surface area contributed by atoms with Gasteiger partial charge in [-0.15, -0.1) is 0 Å². The van der Waals surface area contributed by atoms with Gasteiger partial charge in [0, 0.05) is 19.6 Å². The molecule has 0 aromatic heterocycles. The Morgan fingerprint density at radius 3 is 2.80 bits per heavy atom. The lowest BCUT2D eigenvalue weighted by Crippen LogP contribution is -2.36. The van der Waals surface area contributed by atoms with Gasteiger partial charge in [-0.3, -0.25) is 9.79 Å². The van der Waals surface area contributed by atoms with Gasteiger partial charge in [0.2, 0.25) is 0 Å². The Kier molecular flexibility index (Phi) is 3.94. The molecule has 0 bridgehead atoms. The number of methoxy groups -OCH3 is 1. The van der Waals surface area contributed by atoms with Crippen molar-refractivity contribution in [1.82, 2.24) is 4.90 Å². The minimum atomic E-state index is -0.158. The van der Waals surface area contributed by atoms with Gasteiger partial charge in [0.25, 0.3) is 0 Å². The topological polar surface area (TPSA) is 67.9 Å². The lowest BCUT2D eigenvalue weighted by Gasteiger charge is -2.16. The maximum absolute atomic E-state index is 11.4. The van der Waals surface area contributed by atoms with Crippen LogP contribution >= 0.6 is 0 Å². The number of esters is 1. The molecule has 0 aliphatic carbocycles. The summed E-state index contributed by atoms with van der Waals surface area (Å²) in [5, 5.41) is 0. The van der Waals surface area contributed by atoms with Crippen molar-refractivity contribution in [2.45, 2.75) is 13.8 Å². The summed E-state index contributed by atoms with van der Waals surface area (Å²) in [6.07, 6.45) is 0. The molecule has 1 aliphatic heterocycles. The van der Waals surface area contributed by atoms with E-state index in [9.17, 15) is 4.79 Å². The van der Waals surface area contributed by atoms with Gasteiger partial charge < -0.3 is 15.4 Å². The average Bonchev–Trinajstić information content (AvgIpc) is 2.60. The van der Waals surface area contributed by atoms with Crippen molar-refractivity contribution in [3.05, 3.63) is 0 Å². The van der Waals surface area contributed by atoms with Crippen molar-refractivity contribution in [1.29, 1.82) is 0 Å². The first-order chi connectivity index (χ1) is 7.10. The van der Waals surface area contributed by atoms with E-state index in [2.05, 4.69) is 4.99 Å². The van der Waals surface area contributed by atoms with Crippen molar-refractivity contribution >= 4 is 11.9 Å². The molecule has 15 heavy (non-hydrogen) atoms. The highest BCUT2D eigenvalue weighted by Gasteiger charge is 2.36. The lowest BCUT2D eigenvalue weighted by atomic mass is 9.99. The van der Waals surface area contributed by atoms with Crippen molar-refractivity contribution in [3.63, 3.8) is 0 Å². The van der Waals surface area contributed by atoms with Gasteiger partial charge in [-0.1, -0.05) is 6.92 Å². The van der Waals surface area contributed by atoms with Crippen LogP contribution in [0.3, 0.4) is 0 Å². The molecule has 86 valence electrons. The maximum atomic E-state index is 11.4. The van der Waals surface area contributed by atoms with Gasteiger partial charge in [-0.2, -0.15) is 0 Å². The molecule has 0 saturated carbocycles. The van der Waals surface area contributed by atoms with Gasteiger partial charge in [-0.25, -0.2) is 0 Å². The van der Waals surface area contributed by atoms with E-state index in [1.165, 1.54) is 7.11 Å². The predicted octanol–water partition coefficient (Wildman–Crippen LogP) is 0.0619. The number of hydrogen-bond acceptors (Lipinski definition) is 3. The molecule has 5 nitrogen and oxygen atoms in total. The van der Waals surface area contributed by atoms with Crippen LogP contribution in [0.1, 0.15) is 13.8 Å². The quantitative estimate of drug-likeness (QED) is 0.400. The fourth-order valence-electron chi connectivity index (χ4n) is 1.87. The van der Waals surface area contributed by atoms with Crippen LogP contribution in [-0.2, 0) is 9.53 Å². The molecule has 0 aromatic carbocycles. The van der Waals surface area contributed by atoms with Crippen LogP contribution in [0.4, 0.5) is 0 Å².